The number of fused-ring (bicyclic) bond motifs is 1. The maximum atomic E-state index is 12.0. The molecule has 6 heteroatoms. The van der Waals surface area contributed by atoms with E-state index in [2.05, 4.69) is 27.8 Å². The van der Waals surface area contributed by atoms with Gasteiger partial charge in [0.2, 0.25) is 0 Å². The topological polar surface area (TPSA) is 71.3 Å². The van der Waals surface area contributed by atoms with Gasteiger partial charge in [0.1, 0.15) is 12.4 Å². The van der Waals surface area contributed by atoms with E-state index in [1.54, 1.807) is 6.21 Å². The summed E-state index contributed by atoms with van der Waals surface area (Å²) < 4.78 is 1.91. The molecular formula is C15H21N5O. The van der Waals surface area contributed by atoms with Crippen LogP contribution in [-0.2, 0) is 17.9 Å². The van der Waals surface area contributed by atoms with Gasteiger partial charge in [0.15, 0.2) is 0 Å². The highest BCUT2D eigenvalue weighted by atomic mass is 16.2. The van der Waals surface area contributed by atoms with Gasteiger partial charge in [-0.2, -0.15) is 5.10 Å². The Kier molecular flexibility index (Phi) is 5.45. The summed E-state index contributed by atoms with van der Waals surface area (Å²) in [6, 6.07) is 7.80. The van der Waals surface area contributed by atoms with Crippen molar-refractivity contribution in [2.24, 2.45) is 5.10 Å². The molecule has 6 nitrogen and oxygen atoms in total. The second-order valence-corrected chi connectivity index (χ2v) is 4.77. The molecule has 2 aromatic rings. The van der Waals surface area contributed by atoms with Crippen molar-refractivity contribution in [1.82, 2.24) is 20.3 Å². The van der Waals surface area contributed by atoms with E-state index in [1.807, 2.05) is 35.9 Å². The van der Waals surface area contributed by atoms with E-state index in [4.69, 9.17) is 0 Å². The predicted octanol–water partition coefficient (Wildman–Crippen LogP) is 1.66. The molecule has 0 aliphatic rings. The van der Waals surface area contributed by atoms with Crippen molar-refractivity contribution in [1.29, 1.82) is 0 Å². The zero-order valence-electron chi connectivity index (χ0n) is 12.5. The molecule has 2 rings (SSSR count). The normalized spacial score (nSPS) is 11.3. The number of para-hydroxylation sites is 2. The van der Waals surface area contributed by atoms with Crippen LogP contribution in [0.3, 0.4) is 0 Å². The summed E-state index contributed by atoms with van der Waals surface area (Å²) in [6.07, 6.45) is 3.59. The summed E-state index contributed by atoms with van der Waals surface area (Å²) in [7, 11) is 1.86. The number of nitrogens with one attached hydrogen (secondary N) is 2. The molecule has 0 fully saturated rings. The summed E-state index contributed by atoms with van der Waals surface area (Å²) in [6.45, 7) is 2.89. The Morgan fingerprint density at radius 2 is 2.24 bits per heavy atom. The van der Waals surface area contributed by atoms with Crippen LogP contribution in [-0.4, -0.2) is 28.7 Å². The summed E-state index contributed by atoms with van der Waals surface area (Å²) in [5, 5.41) is 7.00. The number of imidazole rings is 1. The molecule has 0 saturated carbocycles. The SMILES string of the molecule is CCC/C=N/NC(=O)Cn1c(CNC)nc2ccccc21. The van der Waals surface area contributed by atoms with Gasteiger partial charge >= 0.3 is 0 Å². The Balaban J connectivity index is 2.16. The standard InChI is InChI=1S/C15H21N5O/c1-3-4-9-17-19-15(21)11-20-13-8-6-5-7-12(13)18-14(20)10-16-2/h5-9,16H,3-4,10-11H2,1-2H3,(H,19,21)/b17-9+. The van der Waals surface area contributed by atoms with Crippen molar-refractivity contribution in [2.75, 3.05) is 7.05 Å². The van der Waals surface area contributed by atoms with E-state index in [1.165, 1.54) is 0 Å². The van der Waals surface area contributed by atoms with Crippen LogP contribution in [0.1, 0.15) is 25.6 Å². The molecule has 0 aliphatic heterocycles. The van der Waals surface area contributed by atoms with Crippen LogP contribution in [0.5, 0.6) is 0 Å². The first kappa shape index (κ1) is 15.2. The number of unbranched alkanes of at least 4 members (excludes halogenated alkanes) is 1. The number of carbonyl (C=O) groups is 1. The Hall–Kier alpha value is -2.21. The number of rotatable bonds is 7. The number of carbonyl (C=O) groups excluding carboxylic acids is 1. The van der Waals surface area contributed by atoms with Crippen LogP contribution in [0.4, 0.5) is 0 Å². The van der Waals surface area contributed by atoms with Crippen molar-refractivity contribution in [3.8, 4) is 0 Å². The molecule has 0 aliphatic carbocycles. The second-order valence-electron chi connectivity index (χ2n) is 4.77. The molecule has 2 N–H and O–H groups in total. The van der Waals surface area contributed by atoms with Crippen molar-refractivity contribution >= 4 is 23.2 Å². The fourth-order valence-corrected chi connectivity index (χ4v) is 2.09. The largest absolute Gasteiger partial charge is 0.317 e. The molecule has 1 aromatic heterocycles. The van der Waals surface area contributed by atoms with Crippen LogP contribution >= 0.6 is 0 Å². The van der Waals surface area contributed by atoms with Crippen LogP contribution in [0, 0.1) is 0 Å². The van der Waals surface area contributed by atoms with Crippen LogP contribution < -0.4 is 10.7 Å². The number of benzene rings is 1. The first-order valence-electron chi connectivity index (χ1n) is 7.15. The molecule has 0 radical (unpaired) electrons. The van der Waals surface area contributed by atoms with E-state index >= 15 is 0 Å². The monoisotopic (exact) mass is 287 g/mol. The first-order valence-corrected chi connectivity index (χ1v) is 7.15. The molecule has 0 spiro atoms. The van der Waals surface area contributed by atoms with Crippen molar-refractivity contribution in [3.05, 3.63) is 30.1 Å². The molecule has 21 heavy (non-hydrogen) atoms. The summed E-state index contributed by atoms with van der Waals surface area (Å²) in [5.74, 6) is 0.689. The highest BCUT2D eigenvalue weighted by molar-refractivity contribution is 5.81. The Labute approximate surface area is 124 Å². The third kappa shape index (κ3) is 3.88. The summed E-state index contributed by atoms with van der Waals surface area (Å²) >= 11 is 0. The second kappa shape index (κ2) is 7.54. The Morgan fingerprint density at radius 1 is 1.43 bits per heavy atom. The van der Waals surface area contributed by atoms with Crippen LogP contribution in [0.25, 0.3) is 11.0 Å². The average Bonchev–Trinajstić information content (AvgIpc) is 2.82. The summed E-state index contributed by atoms with van der Waals surface area (Å²) in [5.41, 5.74) is 4.40. The molecular weight excluding hydrogens is 266 g/mol. The van der Waals surface area contributed by atoms with Gasteiger partial charge in [-0.05, 0) is 25.6 Å². The fraction of sp³-hybridized carbons (Fsp3) is 0.400. The molecule has 1 aromatic carbocycles. The highest BCUT2D eigenvalue weighted by Gasteiger charge is 2.12. The number of aromatic nitrogens is 2. The average molecular weight is 287 g/mol. The minimum Gasteiger partial charge on any atom is -0.317 e. The quantitative estimate of drug-likeness (QED) is 0.601. The number of hydrogen-bond donors (Lipinski definition) is 2. The molecule has 112 valence electrons. The minimum absolute atomic E-state index is 0.150. The van der Waals surface area contributed by atoms with E-state index in [-0.39, 0.29) is 12.5 Å². The minimum atomic E-state index is -0.150. The Bertz CT molecular complexity index is 632. The van der Waals surface area contributed by atoms with Gasteiger partial charge in [-0.25, -0.2) is 10.4 Å². The lowest BCUT2D eigenvalue weighted by Gasteiger charge is -2.07. The zero-order valence-corrected chi connectivity index (χ0v) is 12.5. The lowest BCUT2D eigenvalue weighted by Crippen LogP contribution is -2.25. The van der Waals surface area contributed by atoms with E-state index in [0.717, 1.165) is 29.7 Å². The lowest BCUT2D eigenvalue weighted by molar-refractivity contribution is -0.121. The van der Waals surface area contributed by atoms with Crippen molar-refractivity contribution in [3.63, 3.8) is 0 Å². The van der Waals surface area contributed by atoms with Gasteiger partial charge in [-0.15, -0.1) is 0 Å². The number of nitrogens with zero attached hydrogens (tertiary/aromatic N) is 3. The predicted molar refractivity (Wildman–Crippen MR) is 84.0 cm³/mol. The summed E-state index contributed by atoms with van der Waals surface area (Å²) in [4.78, 5) is 16.5. The Morgan fingerprint density at radius 3 is 3.00 bits per heavy atom. The smallest absolute Gasteiger partial charge is 0.260 e. The van der Waals surface area contributed by atoms with Gasteiger partial charge < -0.3 is 9.88 Å². The third-order valence-electron chi connectivity index (χ3n) is 3.07. The van der Waals surface area contributed by atoms with Crippen LogP contribution in [0.15, 0.2) is 29.4 Å². The first-order chi connectivity index (χ1) is 10.3. The van der Waals surface area contributed by atoms with Crippen molar-refractivity contribution in [2.45, 2.75) is 32.9 Å². The van der Waals surface area contributed by atoms with E-state index < -0.39 is 0 Å². The molecule has 1 heterocycles. The number of hydrogen-bond acceptors (Lipinski definition) is 4. The van der Waals surface area contributed by atoms with Gasteiger partial charge in [-0.3, -0.25) is 4.79 Å². The van der Waals surface area contributed by atoms with E-state index in [0.29, 0.717) is 6.54 Å². The maximum absolute atomic E-state index is 12.0. The van der Waals surface area contributed by atoms with Gasteiger partial charge in [0, 0.05) is 6.21 Å². The highest BCUT2D eigenvalue weighted by Crippen LogP contribution is 2.15. The third-order valence-corrected chi connectivity index (χ3v) is 3.07. The maximum Gasteiger partial charge on any atom is 0.260 e. The molecule has 0 atom stereocenters. The van der Waals surface area contributed by atoms with Crippen LogP contribution in [0.2, 0.25) is 0 Å². The molecule has 0 unspecified atom stereocenters. The van der Waals surface area contributed by atoms with Gasteiger partial charge in [-0.1, -0.05) is 25.5 Å². The lowest BCUT2D eigenvalue weighted by atomic mass is 10.3. The van der Waals surface area contributed by atoms with Gasteiger partial charge in [0.05, 0.1) is 17.6 Å². The van der Waals surface area contributed by atoms with Crippen molar-refractivity contribution < 1.29 is 4.79 Å². The molecule has 0 bridgehead atoms. The zero-order chi connectivity index (χ0) is 15.1. The molecule has 0 saturated heterocycles. The fourth-order valence-electron chi connectivity index (χ4n) is 2.09. The van der Waals surface area contributed by atoms with E-state index in [9.17, 15) is 4.79 Å². The number of amides is 1. The molecule has 1 amide bonds. The van der Waals surface area contributed by atoms with Gasteiger partial charge in [0.25, 0.3) is 5.91 Å². The number of hydrazone groups is 1.